The molecule has 1 heteroatoms. The summed E-state index contributed by atoms with van der Waals surface area (Å²) in [5, 5.41) is 3.65. The molecule has 2 rings (SSSR count). The average Bonchev–Trinajstić information content (AvgIpc) is 3.04. The number of nitrogens with one attached hydrogen (secondary N) is 1. The van der Waals surface area contributed by atoms with Crippen molar-refractivity contribution in [2.24, 2.45) is 17.8 Å². The first-order valence-electron chi connectivity index (χ1n) is 7.12. The molecule has 0 saturated heterocycles. The molecule has 2 atom stereocenters. The summed E-state index contributed by atoms with van der Waals surface area (Å²) >= 11 is 0. The van der Waals surface area contributed by atoms with Gasteiger partial charge in [0.05, 0.1) is 0 Å². The third-order valence-corrected chi connectivity index (χ3v) is 4.28. The van der Waals surface area contributed by atoms with Crippen LogP contribution in [0.2, 0.25) is 0 Å². The molecule has 0 spiro atoms. The van der Waals surface area contributed by atoms with Crippen molar-refractivity contribution in [1.82, 2.24) is 5.32 Å². The Balaban J connectivity index is 1.79. The van der Waals surface area contributed by atoms with Crippen molar-refractivity contribution in [2.45, 2.75) is 58.3 Å². The molecule has 0 aromatic carbocycles. The number of hydrogen-bond acceptors (Lipinski definition) is 1. The van der Waals surface area contributed by atoms with Crippen molar-refractivity contribution in [3.63, 3.8) is 0 Å². The Kier molecular flexibility index (Phi) is 4.49. The van der Waals surface area contributed by atoms with Crippen LogP contribution in [-0.4, -0.2) is 13.1 Å². The first-order valence-corrected chi connectivity index (χ1v) is 7.12. The van der Waals surface area contributed by atoms with Crippen LogP contribution in [0.3, 0.4) is 0 Å². The minimum Gasteiger partial charge on any atom is -0.316 e. The number of hydrogen-bond donors (Lipinski definition) is 1. The van der Waals surface area contributed by atoms with Gasteiger partial charge < -0.3 is 5.32 Å². The molecule has 0 aliphatic heterocycles. The summed E-state index contributed by atoms with van der Waals surface area (Å²) in [7, 11) is 0. The van der Waals surface area contributed by atoms with E-state index in [1.165, 1.54) is 64.5 Å². The van der Waals surface area contributed by atoms with Gasteiger partial charge in [-0.25, -0.2) is 0 Å². The normalized spacial score (nSPS) is 32.6. The van der Waals surface area contributed by atoms with E-state index >= 15 is 0 Å². The lowest BCUT2D eigenvalue weighted by atomic mass is 9.84. The highest BCUT2D eigenvalue weighted by Crippen LogP contribution is 2.45. The fourth-order valence-corrected chi connectivity index (χ4v) is 3.28. The van der Waals surface area contributed by atoms with Gasteiger partial charge in [0.25, 0.3) is 0 Å². The van der Waals surface area contributed by atoms with Gasteiger partial charge in [0, 0.05) is 0 Å². The molecule has 0 amide bonds. The van der Waals surface area contributed by atoms with E-state index in [9.17, 15) is 0 Å². The van der Waals surface area contributed by atoms with E-state index in [4.69, 9.17) is 0 Å². The largest absolute Gasteiger partial charge is 0.316 e. The Morgan fingerprint density at radius 2 is 1.80 bits per heavy atom. The van der Waals surface area contributed by atoms with Gasteiger partial charge in [0.1, 0.15) is 0 Å². The Hall–Kier alpha value is -0.0400. The first kappa shape index (κ1) is 11.4. The summed E-state index contributed by atoms with van der Waals surface area (Å²) in [4.78, 5) is 0. The second-order valence-electron chi connectivity index (χ2n) is 5.60. The molecule has 2 fully saturated rings. The highest BCUT2D eigenvalue weighted by molar-refractivity contribution is 4.87. The number of rotatable bonds is 5. The predicted octanol–water partition coefficient (Wildman–Crippen LogP) is 3.59. The SMILES string of the molecule is CCCNCC1CCCCCC1C1CC1. The molecular weight excluding hydrogens is 182 g/mol. The lowest BCUT2D eigenvalue weighted by molar-refractivity contribution is 0.268. The van der Waals surface area contributed by atoms with Gasteiger partial charge in [0.15, 0.2) is 0 Å². The maximum absolute atomic E-state index is 3.65. The van der Waals surface area contributed by atoms with Crippen molar-refractivity contribution in [2.75, 3.05) is 13.1 Å². The third kappa shape index (κ3) is 3.48. The summed E-state index contributed by atoms with van der Waals surface area (Å²) in [6.07, 6.45) is 11.9. The molecule has 1 N–H and O–H groups in total. The Bertz CT molecular complexity index is 174. The lowest BCUT2D eigenvalue weighted by Gasteiger charge is -2.25. The topological polar surface area (TPSA) is 12.0 Å². The summed E-state index contributed by atoms with van der Waals surface area (Å²) in [5.41, 5.74) is 0. The Morgan fingerprint density at radius 1 is 1.00 bits per heavy atom. The van der Waals surface area contributed by atoms with E-state index in [1.54, 1.807) is 0 Å². The van der Waals surface area contributed by atoms with E-state index in [0.29, 0.717) is 0 Å². The van der Waals surface area contributed by atoms with E-state index in [-0.39, 0.29) is 0 Å². The highest BCUT2D eigenvalue weighted by atomic mass is 14.9. The monoisotopic (exact) mass is 209 g/mol. The van der Waals surface area contributed by atoms with E-state index in [1.807, 2.05) is 0 Å². The predicted molar refractivity (Wildman–Crippen MR) is 65.9 cm³/mol. The molecular formula is C14H27N. The summed E-state index contributed by atoms with van der Waals surface area (Å²) in [6, 6.07) is 0. The molecule has 0 bridgehead atoms. The van der Waals surface area contributed by atoms with Gasteiger partial charge in [-0.2, -0.15) is 0 Å². The average molecular weight is 209 g/mol. The summed E-state index contributed by atoms with van der Waals surface area (Å²) in [6.45, 7) is 4.78. The van der Waals surface area contributed by atoms with Gasteiger partial charge in [-0.15, -0.1) is 0 Å². The maximum atomic E-state index is 3.65. The fraction of sp³-hybridized carbons (Fsp3) is 1.00. The fourth-order valence-electron chi connectivity index (χ4n) is 3.28. The molecule has 2 saturated carbocycles. The highest BCUT2D eigenvalue weighted by Gasteiger charge is 2.36. The molecule has 88 valence electrons. The molecule has 2 aliphatic carbocycles. The van der Waals surface area contributed by atoms with Gasteiger partial charge >= 0.3 is 0 Å². The van der Waals surface area contributed by atoms with Crippen LogP contribution in [-0.2, 0) is 0 Å². The molecule has 0 aromatic rings. The molecule has 0 radical (unpaired) electrons. The molecule has 2 aliphatic rings. The van der Waals surface area contributed by atoms with Crippen LogP contribution in [0.1, 0.15) is 58.3 Å². The van der Waals surface area contributed by atoms with Crippen LogP contribution >= 0.6 is 0 Å². The minimum atomic E-state index is 1.01. The van der Waals surface area contributed by atoms with Crippen molar-refractivity contribution in [3.05, 3.63) is 0 Å². The smallest absolute Gasteiger partial charge is 0.00178 e. The Labute approximate surface area is 95.0 Å². The van der Waals surface area contributed by atoms with Gasteiger partial charge in [-0.3, -0.25) is 0 Å². The summed E-state index contributed by atoms with van der Waals surface area (Å²) < 4.78 is 0. The molecule has 15 heavy (non-hydrogen) atoms. The van der Waals surface area contributed by atoms with Crippen molar-refractivity contribution < 1.29 is 0 Å². The standard InChI is InChI=1S/C14H27N/c1-2-10-15-11-13-6-4-3-5-7-14(13)12-8-9-12/h12-15H,2-11H2,1H3. The second kappa shape index (κ2) is 5.89. The van der Waals surface area contributed by atoms with Crippen molar-refractivity contribution in [3.8, 4) is 0 Å². The maximum Gasteiger partial charge on any atom is -0.00178 e. The van der Waals surface area contributed by atoms with E-state index < -0.39 is 0 Å². The van der Waals surface area contributed by atoms with Crippen molar-refractivity contribution >= 4 is 0 Å². The van der Waals surface area contributed by atoms with Gasteiger partial charge in [-0.1, -0.05) is 26.2 Å². The van der Waals surface area contributed by atoms with Crippen LogP contribution in [0.4, 0.5) is 0 Å². The zero-order valence-corrected chi connectivity index (χ0v) is 10.3. The van der Waals surface area contributed by atoms with Crippen molar-refractivity contribution in [1.29, 1.82) is 0 Å². The van der Waals surface area contributed by atoms with E-state index in [2.05, 4.69) is 12.2 Å². The zero-order chi connectivity index (χ0) is 10.5. The van der Waals surface area contributed by atoms with E-state index in [0.717, 1.165) is 17.8 Å². The molecule has 0 heterocycles. The minimum absolute atomic E-state index is 1.01. The zero-order valence-electron chi connectivity index (χ0n) is 10.3. The Morgan fingerprint density at radius 3 is 2.53 bits per heavy atom. The molecule has 1 nitrogen and oxygen atoms in total. The van der Waals surface area contributed by atoms with Crippen LogP contribution < -0.4 is 5.32 Å². The summed E-state index contributed by atoms with van der Waals surface area (Å²) in [5.74, 6) is 3.21. The van der Waals surface area contributed by atoms with Crippen LogP contribution in [0.15, 0.2) is 0 Å². The van der Waals surface area contributed by atoms with Gasteiger partial charge in [0.2, 0.25) is 0 Å². The van der Waals surface area contributed by atoms with Crippen LogP contribution in [0, 0.1) is 17.8 Å². The molecule has 0 aromatic heterocycles. The van der Waals surface area contributed by atoms with Crippen LogP contribution in [0.5, 0.6) is 0 Å². The second-order valence-corrected chi connectivity index (χ2v) is 5.60. The molecule has 2 unspecified atom stereocenters. The third-order valence-electron chi connectivity index (χ3n) is 4.28. The first-order chi connectivity index (χ1) is 7.42. The quantitative estimate of drug-likeness (QED) is 0.539. The van der Waals surface area contributed by atoms with Crippen LogP contribution in [0.25, 0.3) is 0 Å². The lowest BCUT2D eigenvalue weighted by Crippen LogP contribution is -2.29. The van der Waals surface area contributed by atoms with Gasteiger partial charge in [-0.05, 0) is 62.9 Å².